The van der Waals surface area contributed by atoms with Crippen molar-refractivity contribution in [1.82, 2.24) is 4.90 Å². The van der Waals surface area contributed by atoms with Gasteiger partial charge in [-0.3, -0.25) is 14.2 Å². The summed E-state index contributed by atoms with van der Waals surface area (Å²) in [5.41, 5.74) is 11.9. The van der Waals surface area contributed by atoms with E-state index in [9.17, 15) is 13.2 Å². The van der Waals surface area contributed by atoms with Crippen molar-refractivity contribution < 1.29 is 27.2 Å². The van der Waals surface area contributed by atoms with Crippen LogP contribution in [0.15, 0.2) is 34.3 Å². The van der Waals surface area contributed by atoms with Crippen LogP contribution in [0.1, 0.15) is 20.8 Å². The highest BCUT2D eigenvalue weighted by molar-refractivity contribution is 7.85. The van der Waals surface area contributed by atoms with Gasteiger partial charge in [0.15, 0.2) is 6.61 Å². The number of benzene rings is 1. The fourth-order valence-electron chi connectivity index (χ4n) is 2.99. The second-order valence-corrected chi connectivity index (χ2v) is 9.16. The number of nitrogens with zero attached hydrogens (tertiary/aromatic N) is 4. The topological polar surface area (TPSA) is 173 Å². The number of carbonyl (C=O) groups is 1. The molecule has 32 heavy (non-hydrogen) atoms. The van der Waals surface area contributed by atoms with Gasteiger partial charge in [0.05, 0.1) is 19.0 Å². The zero-order valence-corrected chi connectivity index (χ0v) is 19.2. The summed E-state index contributed by atoms with van der Waals surface area (Å²) in [6, 6.07) is 7.26. The van der Waals surface area contributed by atoms with Crippen LogP contribution in [-0.2, 0) is 19.6 Å². The molecule has 2 aliphatic rings. The first-order chi connectivity index (χ1) is 14.9. The standard InChI is InChI=1S/C17H24N6O3.C2H6O3S/c1-17(2)21-15(18)20-16(19)23(17)12-3-5-13(6-4-12)26-11-14(24)22-7-9-25-10-8-22;1-2-6(3,4)5/h3-6H,7-11H2,1-2H3,(H4,18,19,20,21);2H2,1H3,(H,3,4,5). The molecular formula is C19H30N6O6S. The Morgan fingerprint density at radius 3 is 2.28 bits per heavy atom. The van der Waals surface area contributed by atoms with Crippen LogP contribution in [0.25, 0.3) is 0 Å². The largest absolute Gasteiger partial charge is 0.484 e. The SMILES string of the molecule is CC1(C)N=C(N)N=C(N)N1c1ccc(OCC(=O)N2CCOCC2)cc1.CCS(=O)(=O)O. The molecule has 0 aliphatic carbocycles. The van der Waals surface area contributed by atoms with E-state index in [4.69, 9.17) is 25.5 Å². The molecule has 1 aromatic carbocycles. The maximum Gasteiger partial charge on any atom is 0.264 e. The lowest BCUT2D eigenvalue weighted by Crippen LogP contribution is -2.54. The molecule has 12 nitrogen and oxygen atoms in total. The zero-order chi connectivity index (χ0) is 23.9. The highest BCUT2D eigenvalue weighted by Crippen LogP contribution is 2.28. The molecule has 3 rings (SSSR count). The predicted molar refractivity (Wildman–Crippen MR) is 121 cm³/mol. The van der Waals surface area contributed by atoms with Gasteiger partial charge in [-0.05, 0) is 45.0 Å². The quantitative estimate of drug-likeness (QED) is 0.501. The first-order valence-corrected chi connectivity index (χ1v) is 11.6. The summed E-state index contributed by atoms with van der Waals surface area (Å²) in [5.74, 6) is 0.788. The number of anilines is 1. The Morgan fingerprint density at radius 2 is 1.78 bits per heavy atom. The second-order valence-electron chi connectivity index (χ2n) is 7.42. The summed E-state index contributed by atoms with van der Waals surface area (Å²) < 4.78 is 37.7. The van der Waals surface area contributed by atoms with Crippen molar-refractivity contribution in [3.63, 3.8) is 0 Å². The van der Waals surface area contributed by atoms with E-state index in [0.717, 1.165) is 5.69 Å². The van der Waals surface area contributed by atoms with Crippen LogP contribution in [0.3, 0.4) is 0 Å². The summed E-state index contributed by atoms with van der Waals surface area (Å²) in [6.07, 6.45) is 0. The van der Waals surface area contributed by atoms with Crippen molar-refractivity contribution in [2.45, 2.75) is 26.4 Å². The van der Waals surface area contributed by atoms with E-state index in [1.54, 1.807) is 21.9 Å². The summed E-state index contributed by atoms with van der Waals surface area (Å²) in [4.78, 5) is 24.0. The summed E-state index contributed by atoms with van der Waals surface area (Å²) >= 11 is 0. The fourth-order valence-corrected chi connectivity index (χ4v) is 2.99. The van der Waals surface area contributed by atoms with Crippen LogP contribution in [0.5, 0.6) is 5.75 Å². The van der Waals surface area contributed by atoms with Gasteiger partial charge < -0.3 is 25.8 Å². The number of hydrogen-bond donors (Lipinski definition) is 3. The van der Waals surface area contributed by atoms with Gasteiger partial charge in [-0.15, -0.1) is 0 Å². The average Bonchev–Trinajstić information content (AvgIpc) is 2.72. The Morgan fingerprint density at radius 1 is 1.22 bits per heavy atom. The lowest BCUT2D eigenvalue weighted by Gasteiger charge is -2.38. The minimum atomic E-state index is -3.66. The van der Waals surface area contributed by atoms with Gasteiger partial charge in [0.1, 0.15) is 11.4 Å². The molecule has 2 aliphatic heterocycles. The number of rotatable bonds is 5. The highest BCUT2D eigenvalue weighted by atomic mass is 32.2. The molecule has 0 aromatic heterocycles. The van der Waals surface area contributed by atoms with Crippen molar-refractivity contribution in [2.75, 3.05) is 43.6 Å². The van der Waals surface area contributed by atoms with E-state index in [-0.39, 0.29) is 30.2 Å². The normalized spacial score (nSPS) is 18.1. The molecule has 0 saturated carbocycles. The molecule has 178 valence electrons. The molecule has 0 unspecified atom stereocenters. The maximum absolute atomic E-state index is 12.1. The third-order valence-electron chi connectivity index (χ3n) is 4.58. The van der Waals surface area contributed by atoms with Gasteiger partial charge in [0, 0.05) is 18.8 Å². The molecule has 5 N–H and O–H groups in total. The van der Waals surface area contributed by atoms with Crippen LogP contribution < -0.4 is 21.1 Å². The number of morpholine rings is 1. The minimum Gasteiger partial charge on any atom is -0.484 e. The van der Waals surface area contributed by atoms with Crippen LogP contribution in [0.4, 0.5) is 5.69 Å². The summed E-state index contributed by atoms with van der Waals surface area (Å²) in [5, 5.41) is 0. The maximum atomic E-state index is 12.1. The molecule has 0 bridgehead atoms. The van der Waals surface area contributed by atoms with Gasteiger partial charge in [0.25, 0.3) is 16.0 Å². The average molecular weight is 471 g/mol. The molecule has 1 amide bonds. The van der Waals surface area contributed by atoms with Crippen molar-refractivity contribution in [1.29, 1.82) is 0 Å². The number of aliphatic imine (C=N–C) groups is 2. The number of hydrogen-bond acceptors (Lipinski definition) is 10. The number of guanidine groups is 2. The molecule has 1 fully saturated rings. The van der Waals surface area contributed by atoms with Crippen molar-refractivity contribution in [3.8, 4) is 5.75 Å². The third-order valence-corrected chi connectivity index (χ3v) is 5.31. The van der Waals surface area contributed by atoms with E-state index in [1.165, 1.54) is 6.92 Å². The van der Waals surface area contributed by atoms with Gasteiger partial charge in [0.2, 0.25) is 11.9 Å². The number of nitrogens with two attached hydrogens (primary N) is 2. The van der Waals surface area contributed by atoms with E-state index in [0.29, 0.717) is 32.1 Å². The number of ether oxygens (including phenoxy) is 2. The second kappa shape index (κ2) is 10.6. The van der Waals surface area contributed by atoms with Crippen LogP contribution in [-0.4, -0.2) is 80.0 Å². The van der Waals surface area contributed by atoms with Crippen molar-refractivity contribution in [2.24, 2.45) is 21.5 Å². The third kappa shape index (κ3) is 7.35. The Labute approximate surface area is 187 Å². The first kappa shape index (κ1) is 25.4. The molecule has 0 spiro atoms. The Kier molecular flexibility index (Phi) is 8.41. The van der Waals surface area contributed by atoms with Crippen LogP contribution in [0.2, 0.25) is 0 Å². The molecule has 0 radical (unpaired) electrons. The minimum absolute atomic E-state index is 0.00101. The Bertz CT molecular complexity index is 955. The van der Waals surface area contributed by atoms with E-state index < -0.39 is 15.8 Å². The van der Waals surface area contributed by atoms with Crippen LogP contribution >= 0.6 is 0 Å². The Hall–Kier alpha value is -2.90. The molecule has 0 atom stereocenters. The van der Waals surface area contributed by atoms with Crippen molar-refractivity contribution in [3.05, 3.63) is 24.3 Å². The van der Waals surface area contributed by atoms with E-state index >= 15 is 0 Å². The van der Waals surface area contributed by atoms with Gasteiger partial charge in [-0.25, -0.2) is 4.99 Å². The van der Waals surface area contributed by atoms with Gasteiger partial charge in [-0.1, -0.05) is 0 Å². The molecular weight excluding hydrogens is 440 g/mol. The van der Waals surface area contributed by atoms with E-state index in [1.807, 2.05) is 26.0 Å². The highest BCUT2D eigenvalue weighted by Gasteiger charge is 2.32. The molecule has 13 heteroatoms. The predicted octanol–water partition coefficient (Wildman–Crippen LogP) is 0.00380. The molecule has 1 aromatic rings. The smallest absolute Gasteiger partial charge is 0.264 e. The summed E-state index contributed by atoms with van der Waals surface area (Å²) in [6.45, 7) is 7.51. The zero-order valence-electron chi connectivity index (χ0n) is 18.4. The monoisotopic (exact) mass is 470 g/mol. The number of amides is 1. The summed E-state index contributed by atoms with van der Waals surface area (Å²) in [7, 11) is -3.66. The van der Waals surface area contributed by atoms with Gasteiger partial charge in [-0.2, -0.15) is 13.4 Å². The van der Waals surface area contributed by atoms with Crippen molar-refractivity contribution >= 4 is 33.6 Å². The van der Waals surface area contributed by atoms with Crippen LogP contribution in [0, 0.1) is 0 Å². The molecule has 1 saturated heterocycles. The Balaban J connectivity index is 0.000000534. The number of carbonyl (C=O) groups excluding carboxylic acids is 1. The fraction of sp³-hybridized carbons (Fsp3) is 0.526. The molecule has 2 heterocycles. The van der Waals surface area contributed by atoms with E-state index in [2.05, 4.69) is 9.98 Å². The lowest BCUT2D eigenvalue weighted by molar-refractivity contribution is -0.137. The lowest BCUT2D eigenvalue weighted by atomic mass is 10.1. The van der Waals surface area contributed by atoms with Gasteiger partial charge >= 0.3 is 0 Å². The first-order valence-electron chi connectivity index (χ1n) is 9.96.